The van der Waals surface area contributed by atoms with Crippen molar-refractivity contribution in [3.63, 3.8) is 0 Å². The zero-order chi connectivity index (χ0) is 12.1. The minimum absolute atomic E-state index is 0. The summed E-state index contributed by atoms with van der Waals surface area (Å²) in [5, 5.41) is 2.61. The molecule has 1 saturated heterocycles. The molecule has 100 valence electrons. The van der Waals surface area contributed by atoms with Gasteiger partial charge in [-0.1, -0.05) is 0 Å². The first kappa shape index (κ1) is 16.2. The number of hydrogen-bond acceptors (Lipinski definition) is 3. The number of amides is 2. The van der Waals surface area contributed by atoms with Crippen molar-refractivity contribution < 1.29 is 9.59 Å². The van der Waals surface area contributed by atoms with Gasteiger partial charge in [0.05, 0.1) is 0 Å². The molecule has 0 aliphatic carbocycles. The molecule has 17 heavy (non-hydrogen) atoms. The molecule has 3 N–H and O–H groups in total. The van der Waals surface area contributed by atoms with Gasteiger partial charge in [0.1, 0.15) is 6.04 Å². The van der Waals surface area contributed by atoms with Crippen molar-refractivity contribution in [1.29, 1.82) is 0 Å². The van der Waals surface area contributed by atoms with Gasteiger partial charge >= 0.3 is 0 Å². The van der Waals surface area contributed by atoms with E-state index in [1.165, 1.54) is 0 Å². The summed E-state index contributed by atoms with van der Waals surface area (Å²) in [5.74, 6) is -0.0824. The summed E-state index contributed by atoms with van der Waals surface area (Å²) in [6.45, 7) is 2.47. The number of nitrogens with zero attached hydrogens (tertiary/aromatic N) is 1. The fourth-order valence-corrected chi connectivity index (χ4v) is 2.06. The molecule has 0 aromatic heterocycles. The van der Waals surface area contributed by atoms with Crippen LogP contribution >= 0.6 is 12.4 Å². The Kier molecular flexibility index (Phi) is 7.15. The first-order chi connectivity index (χ1) is 7.56. The predicted molar refractivity (Wildman–Crippen MR) is 68.9 cm³/mol. The number of halogens is 1. The van der Waals surface area contributed by atoms with Gasteiger partial charge in [0.25, 0.3) is 0 Å². The Bertz CT molecular complexity index is 271. The summed E-state index contributed by atoms with van der Waals surface area (Å²) in [6.07, 6.45) is 3.04. The minimum atomic E-state index is -0.301. The van der Waals surface area contributed by atoms with E-state index in [1.807, 2.05) is 0 Å². The smallest absolute Gasteiger partial charge is 0.242 e. The third kappa shape index (κ3) is 4.52. The van der Waals surface area contributed by atoms with Crippen molar-refractivity contribution in [2.75, 3.05) is 13.6 Å². The average molecular weight is 264 g/mol. The molecular formula is C11H22ClN3O2. The highest BCUT2D eigenvalue weighted by atomic mass is 35.5. The van der Waals surface area contributed by atoms with Gasteiger partial charge in [-0.2, -0.15) is 0 Å². The van der Waals surface area contributed by atoms with Gasteiger partial charge in [-0.3, -0.25) is 9.59 Å². The molecule has 0 bridgehead atoms. The second-order valence-corrected chi connectivity index (χ2v) is 4.39. The van der Waals surface area contributed by atoms with Crippen molar-refractivity contribution >= 4 is 24.2 Å². The highest BCUT2D eigenvalue weighted by molar-refractivity contribution is 5.87. The molecule has 0 aromatic rings. The van der Waals surface area contributed by atoms with E-state index in [9.17, 15) is 9.59 Å². The van der Waals surface area contributed by atoms with Crippen LogP contribution in [0.15, 0.2) is 0 Å². The standard InChI is InChI=1S/C11H21N3O2.ClH/c1-8(12)7-10(15)14-6-4-3-5-9(14)11(16)13-2;/h8-9H,3-7,12H2,1-2H3,(H,13,16);1H. The van der Waals surface area contributed by atoms with E-state index in [1.54, 1.807) is 18.9 Å². The van der Waals surface area contributed by atoms with Crippen LogP contribution in [0.3, 0.4) is 0 Å². The molecule has 6 heteroatoms. The van der Waals surface area contributed by atoms with Gasteiger partial charge in [-0.05, 0) is 26.2 Å². The van der Waals surface area contributed by atoms with Crippen LogP contribution in [0.25, 0.3) is 0 Å². The van der Waals surface area contributed by atoms with Gasteiger partial charge in [0.15, 0.2) is 0 Å². The molecule has 0 aromatic carbocycles. The van der Waals surface area contributed by atoms with E-state index in [0.29, 0.717) is 13.0 Å². The molecule has 1 fully saturated rings. The summed E-state index contributed by atoms with van der Waals surface area (Å²) < 4.78 is 0. The third-order valence-electron chi connectivity index (χ3n) is 2.87. The van der Waals surface area contributed by atoms with Crippen LogP contribution < -0.4 is 11.1 Å². The lowest BCUT2D eigenvalue weighted by atomic mass is 10.0. The number of nitrogens with one attached hydrogen (secondary N) is 1. The molecule has 5 nitrogen and oxygen atoms in total. The van der Waals surface area contributed by atoms with Crippen LogP contribution in [0.2, 0.25) is 0 Å². The Labute approximate surface area is 109 Å². The zero-order valence-electron chi connectivity index (χ0n) is 10.4. The molecule has 2 amide bonds. The summed E-state index contributed by atoms with van der Waals surface area (Å²) in [5.41, 5.74) is 5.61. The summed E-state index contributed by atoms with van der Waals surface area (Å²) in [4.78, 5) is 25.2. The Morgan fingerprint density at radius 1 is 1.47 bits per heavy atom. The van der Waals surface area contributed by atoms with Crippen LogP contribution in [0.5, 0.6) is 0 Å². The second kappa shape index (κ2) is 7.50. The van der Waals surface area contributed by atoms with E-state index < -0.39 is 0 Å². The summed E-state index contributed by atoms with van der Waals surface area (Å²) >= 11 is 0. The Morgan fingerprint density at radius 2 is 2.12 bits per heavy atom. The largest absolute Gasteiger partial charge is 0.357 e. The molecule has 1 aliphatic heterocycles. The van der Waals surface area contributed by atoms with Gasteiger partial charge < -0.3 is 16.0 Å². The molecule has 1 rings (SSSR count). The van der Waals surface area contributed by atoms with E-state index in [-0.39, 0.29) is 36.3 Å². The van der Waals surface area contributed by atoms with Gasteiger partial charge in [0.2, 0.25) is 11.8 Å². The molecule has 1 aliphatic rings. The first-order valence-electron chi connectivity index (χ1n) is 5.83. The number of carbonyl (C=O) groups is 2. The van der Waals surface area contributed by atoms with E-state index in [2.05, 4.69) is 5.32 Å². The van der Waals surface area contributed by atoms with E-state index in [0.717, 1.165) is 19.3 Å². The number of likely N-dealkylation sites (tertiary alicyclic amines) is 1. The lowest BCUT2D eigenvalue weighted by Crippen LogP contribution is -2.52. The second-order valence-electron chi connectivity index (χ2n) is 4.39. The van der Waals surface area contributed by atoms with Crippen LogP contribution in [0, 0.1) is 0 Å². The predicted octanol–water partition coefficient (Wildman–Crippen LogP) is 0.273. The van der Waals surface area contributed by atoms with Crippen molar-refractivity contribution in [2.45, 2.75) is 44.7 Å². The van der Waals surface area contributed by atoms with Crippen LogP contribution in [0.1, 0.15) is 32.6 Å². The number of nitrogens with two attached hydrogens (primary N) is 1. The fraction of sp³-hybridized carbons (Fsp3) is 0.818. The normalized spacial score (nSPS) is 21.4. The van der Waals surface area contributed by atoms with Crippen LogP contribution in [-0.2, 0) is 9.59 Å². The molecule has 0 saturated carbocycles. The van der Waals surface area contributed by atoms with E-state index >= 15 is 0 Å². The number of likely N-dealkylation sites (N-methyl/N-ethyl adjacent to an activating group) is 1. The first-order valence-corrected chi connectivity index (χ1v) is 5.83. The van der Waals surface area contributed by atoms with Crippen LogP contribution in [0.4, 0.5) is 0 Å². The Balaban J connectivity index is 0.00000256. The quantitative estimate of drug-likeness (QED) is 0.768. The number of piperidine rings is 1. The highest BCUT2D eigenvalue weighted by Gasteiger charge is 2.31. The Hall–Kier alpha value is -0.810. The van der Waals surface area contributed by atoms with Crippen molar-refractivity contribution in [3.05, 3.63) is 0 Å². The molecule has 0 radical (unpaired) electrons. The topological polar surface area (TPSA) is 75.4 Å². The lowest BCUT2D eigenvalue weighted by molar-refractivity contribution is -0.142. The van der Waals surface area contributed by atoms with Crippen molar-refractivity contribution in [3.8, 4) is 0 Å². The maximum absolute atomic E-state index is 11.9. The van der Waals surface area contributed by atoms with Gasteiger partial charge in [0, 0.05) is 26.1 Å². The molecule has 2 unspecified atom stereocenters. The molecular weight excluding hydrogens is 242 g/mol. The van der Waals surface area contributed by atoms with Gasteiger partial charge in [-0.25, -0.2) is 0 Å². The molecule has 2 atom stereocenters. The van der Waals surface area contributed by atoms with Crippen molar-refractivity contribution in [1.82, 2.24) is 10.2 Å². The fourth-order valence-electron chi connectivity index (χ4n) is 2.06. The Morgan fingerprint density at radius 3 is 2.65 bits per heavy atom. The zero-order valence-corrected chi connectivity index (χ0v) is 11.3. The number of hydrogen-bond donors (Lipinski definition) is 2. The maximum atomic E-state index is 11.9. The maximum Gasteiger partial charge on any atom is 0.242 e. The third-order valence-corrected chi connectivity index (χ3v) is 2.87. The molecule has 0 spiro atoms. The summed E-state index contributed by atoms with van der Waals surface area (Å²) in [7, 11) is 1.60. The minimum Gasteiger partial charge on any atom is -0.357 e. The average Bonchev–Trinajstić information content (AvgIpc) is 2.27. The number of rotatable bonds is 3. The highest BCUT2D eigenvalue weighted by Crippen LogP contribution is 2.18. The monoisotopic (exact) mass is 263 g/mol. The molecule has 1 heterocycles. The lowest BCUT2D eigenvalue weighted by Gasteiger charge is -2.34. The SMILES string of the molecule is CNC(=O)C1CCCCN1C(=O)CC(C)N.Cl. The number of carbonyl (C=O) groups excluding carboxylic acids is 2. The van der Waals surface area contributed by atoms with E-state index in [4.69, 9.17) is 5.73 Å². The van der Waals surface area contributed by atoms with Crippen molar-refractivity contribution in [2.24, 2.45) is 5.73 Å². The summed E-state index contributed by atoms with van der Waals surface area (Å²) in [6, 6.07) is -0.454. The van der Waals surface area contributed by atoms with Crippen LogP contribution in [-0.4, -0.2) is 42.4 Å². The van der Waals surface area contributed by atoms with Gasteiger partial charge in [-0.15, -0.1) is 12.4 Å².